The molecule has 0 unspecified atom stereocenters. The highest BCUT2D eigenvalue weighted by Gasteiger charge is 2.17. The zero-order valence-electron chi connectivity index (χ0n) is 17.1. The van der Waals surface area contributed by atoms with Crippen LogP contribution in [0.5, 0.6) is 5.75 Å². The number of primary sulfonamides is 1. The molecule has 1 fully saturated rings. The van der Waals surface area contributed by atoms with E-state index >= 15 is 0 Å². The zero-order chi connectivity index (χ0) is 22.6. The Labute approximate surface area is 185 Å². The minimum absolute atomic E-state index is 0.0163. The van der Waals surface area contributed by atoms with Gasteiger partial charge in [-0.25, -0.2) is 23.5 Å². The SMILES string of the molecule is N#Cc1cc(-c2ccnc(Nc3cccc(S(N)(=O)=O)c3)n2)ccc1OC1CCOCC1. The van der Waals surface area contributed by atoms with Gasteiger partial charge in [-0.2, -0.15) is 5.26 Å². The summed E-state index contributed by atoms with van der Waals surface area (Å²) in [5, 5.41) is 17.8. The van der Waals surface area contributed by atoms with E-state index in [1.807, 2.05) is 6.07 Å². The predicted molar refractivity (Wildman–Crippen MR) is 118 cm³/mol. The van der Waals surface area contributed by atoms with E-state index in [0.29, 0.717) is 35.9 Å². The van der Waals surface area contributed by atoms with E-state index in [9.17, 15) is 13.7 Å². The number of nitriles is 1. The Hall–Kier alpha value is -3.52. The van der Waals surface area contributed by atoms with Crippen molar-refractivity contribution in [3.05, 3.63) is 60.3 Å². The van der Waals surface area contributed by atoms with Gasteiger partial charge in [0.05, 0.1) is 29.4 Å². The highest BCUT2D eigenvalue weighted by Crippen LogP contribution is 2.28. The summed E-state index contributed by atoms with van der Waals surface area (Å²) in [7, 11) is -3.82. The Balaban J connectivity index is 1.56. The van der Waals surface area contributed by atoms with Crippen LogP contribution in [0.2, 0.25) is 0 Å². The van der Waals surface area contributed by atoms with Gasteiger partial charge in [0.1, 0.15) is 17.9 Å². The first-order valence-corrected chi connectivity index (χ1v) is 11.5. The predicted octanol–water partition coefficient (Wildman–Crippen LogP) is 2.96. The Morgan fingerprint density at radius 1 is 1.16 bits per heavy atom. The summed E-state index contributed by atoms with van der Waals surface area (Å²) >= 11 is 0. The molecule has 1 aliphatic heterocycles. The van der Waals surface area contributed by atoms with Crippen LogP contribution < -0.4 is 15.2 Å². The molecule has 0 aliphatic carbocycles. The van der Waals surface area contributed by atoms with E-state index in [1.165, 1.54) is 12.1 Å². The minimum Gasteiger partial charge on any atom is -0.489 e. The number of nitrogens with zero attached hydrogens (tertiary/aromatic N) is 3. The first kappa shape index (κ1) is 21.7. The van der Waals surface area contributed by atoms with Crippen LogP contribution in [0.15, 0.2) is 59.6 Å². The van der Waals surface area contributed by atoms with E-state index in [1.54, 1.807) is 36.5 Å². The number of hydrogen-bond acceptors (Lipinski definition) is 8. The number of nitrogens with two attached hydrogens (primary N) is 1. The second-order valence-electron chi connectivity index (χ2n) is 7.22. The molecule has 2 heterocycles. The summed E-state index contributed by atoms with van der Waals surface area (Å²) in [6.07, 6.45) is 3.19. The quantitative estimate of drug-likeness (QED) is 0.583. The van der Waals surface area contributed by atoms with E-state index in [-0.39, 0.29) is 16.9 Å². The summed E-state index contributed by atoms with van der Waals surface area (Å²) in [5.41, 5.74) is 2.22. The number of rotatable bonds is 6. The molecule has 1 aromatic heterocycles. The second kappa shape index (κ2) is 9.32. The summed E-state index contributed by atoms with van der Waals surface area (Å²) in [5.74, 6) is 0.811. The third-order valence-corrected chi connectivity index (χ3v) is 5.84. The topological polar surface area (TPSA) is 140 Å². The van der Waals surface area contributed by atoms with Gasteiger partial charge in [0, 0.05) is 30.3 Å². The molecule has 3 aromatic rings. The Bertz CT molecular complexity index is 1270. The molecular formula is C22H21N5O4S. The van der Waals surface area contributed by atoms with Gasteiger partial charge < -0.3 is 14.8 Å². The average Bonchev–Trinajstić information content (AvgIpc) is 2.80. The van der Waals surface area contributed by atoms with Gasteiger partial charge in [-0.15, -0.1) is 0 Å². The van der Waals surface area contributed by atoms with Crippen molar-refractivity contribution in [3.63, 3.8) is 0 Å². The lowest BCUT2D eigenvalue weighted by Gasteiger charge is -2.23. The number of nitrogens with one attached hydrogen (secondary N) is 1. The number of benzene rings is 2. The van der Waals surface area contributed by atoms with Gasteiger partial charge in [-0.1, -0.05) is 6.07 Å². The summed E-state index contributed by atoms with van der Waals surface area (Å²) in [6.45, 7) is 1.31. The largest absolute Gasteiger partial charge is 0.489 e. The van der Waals surface area contributed by atoms with Gasteiger partial charge in [0.15, 0.2) is 0 Å². The zero-order valence-corrected chi connectivity index (χ0v) is 17.9. The van der Waals surface area contributed by atoms with Crippen molar-refractivity contribution in [3.8, 4) is 23.1 Å². The van der Waals surface area contributed by atoms with E-state index in [4.69, 9.17) is 14.6 Å². The summed E-state index contributed by atoms with van der Waals surface area (Å²) in [6, 6.07) is 15.3. The van der Waals surface area contributed by atoms with Crippen molar-refractivity contribution in [1.82, 2.24) is 9.97 Å². The van der Waals surface area contributed by atoms with E-state index in [2.05, 4.69) is 21.4 Å². The fourth-order valence-electron chi connectivity index (χ4n) is 3.31. The van der Waals surface area contributed by atoms with Crippen LogP contribution in [0.3, 0.4) is 0 Å². The van der Waals surface area contributed by atoms with E-state index < -0.39 is 10.0 Å². The third kappa shape index (κ3) is 5.20. The molecule has 3 N–H and O–H groups in total. The van der Waals surface area contributed by atoms with Crippen LogP contribution in [0.4, 0.5) is 11.6 Å². The maximum Gasteiger partial charge on any atom is 0.238 e. The molecule has 10 heteroatoms. The maximum absolute atomic E-state index is 11.6. The Kier molecular flexibility index (Phi) is 6.32. The minimum atomic E-state index is -3.82. The van der Waals surface area contributed by atoms with Crippen LogP contribution in [0.1, 0.15) is 18.4 Å². The van der Waals surface area contributed by atoms with Crippen molar-refractivity contribution in [2.75, 3.05) is 18.5 Å². The second-order valence-corrected chi connectivity index (χ2v) is 8.78. The standard InChI is InChI=1S/C22H21N5O4S/c23-14-16-12-15(4-5-21(16)31-18-7-10-30-11-8-18)20-6-9-25-22(27-20)26-17-2-1-3-19(13-17)32(24,28)29/h1-6,9,12-13,18H,7-8,10-11H2,(H2,24,28,29)(H,25,26,27). The van der Waals surface area contributed by atoms with Crippen LogP contribution >= 0.6 is 0 Å². The fraction of sp³-hybridized carbons (Fsp3) is 0.227. The van der Waals surface area contributed by atoms with Crippen molar-refractivity contribution in [2.24, 2.45) is 5.14 Å². The highest BCUT2D eigenvalue weighted by atomic mass is 32.2. The average molecular weight is 452 g/mol. The smallest absolute Gasteiger partial charge is 0.238 e. The molecule has 0 amide bonds. The molecule has 4 rings (SSSR count). The van der Waals surface area contributed by atoms with E-state index in [0.717, 1.165) is 18.4 Å². The molecule has 1 aliphatic rings. The lowest BCUT2D eigenvalue weighted by atomic mass is 10.1. The number of ether oxygens (including phenoxy) is 2. The van der Waals surface area contributed by atoms with Crippen molar-refractivity contribution in [2.45, 2.75) is 23.8 Å². The number of anilines is 2. The van der Waals surface area contributed by atoms with Crippen LogP contribution in [-0.2, 0) is 14.8 Å². The lowest BCUT2D eigenvalue weighted by molar-refractivity contribution is 0.0254. The van der Waals surface area contributed by atoms with Gasteiger partial charge in [-0.3, -0.25) is 0 Å². The molecule has 32 heavy (non-hydrogen) atoms. The van der Waals surface area contributed by atoms with Gasteiger partial charge in [0.2, 0.25) is 16.0 Å². The molecule has 0 bridgehead atoms. The number of aromatic nitrogens is 2. The molecule has 164 valence electrons. The Morgan fingerprint density at radius 3 is 2.72 bits per heavy atom. The van der Waals surface area contributed by atoms with Crippen molar-refractivity contribution >= 4 is 21.7 Å². The molecular weight excluding hydrogens is 430 g/mol. The molecule has 9 nitrogen and oxygen atoms in total. The maximum atomic E-state index is 11.6. The van der Waals surface area contributed by atoms with Crippen LogP contribution in [0.25, 0.3) is 11.3 Å². The van der Waals surface area contributed by atoms with Crippen LogP contribution in [-0.4, -0.2) is 37.7 Å². The number of hydrogen-bond donors (Lipinski definition) is 2. The van der Waals surface area contributed by atoms with Crippen LogP contribution in [0, 0.1) is 11.3 Å². The normalized spacial score (nSPS) is 14.5. The summed E-state index contributed by atoms with van der Waals surface area (Å²) in [4.78, 5) is 8.65. The summed E-state index contributed by atoms with van der Waals surface area (Å²) < 4.78 is 34.5. The monoisotopic (exact) mass is 451 g/mol. The van der Waals surface area contributed by atoms with Crippen molar-refractivity contribution < 1.29 is 17.9 Å². The first-order chi connectivity index (χ1) is 15.4. The third-order valence-electron chi connectivity index (χ3n) is 4.93. The molecule has 1 saturated heterocycles. The molecule has 2 aromatic carbocycles. The molecule has 0 saturated carbocycles. The Morgan fingerprint density at radius 2 is 1.97 bits per heavy atom. The molecule has 0 radical (unpaired) electrons. The van der Waals surface area contributed by atoms with Gasteiger partial charge in [0.25, 0.3) is 0 Å². The fourth-order valence-corrected chi connectivity index (χ4v) is 3.87. The lowest BCUT2D eigenvalue weighted by Crippen LogP contribution is -2.26. The first-order valence-electron chi connectivity index (χ1n) is 9.94. The van der Waals surface area contributed by atoms with Crippen molar-refractivity contribution in [1.29, 1.82) is 5.26 Å². The number of sulfonamides is 1. The van der Waals surface area contributed by atoms with Gasteiger partial charge >= 0.3 is 0 Å². The van der Waals surface area contributed by atoms with Gasteiger partial charge in [-0.05, 0) is 42.5 Å². The highest BCUT2D eigenvalue weighted by molar-refractivity contribution is 7.89. The molecule has 0 atom stereocenters. The molecule has 0 spiro atoms.